The van der Waals surface area contributed by atoms with E-state index in [1.807, 2.05) is 38.2 Å². The van der Waals surface area contributed by atoms with Gasteiger partial charge in [-0.05, 0) is 38.2 Å². The van der Waals surface area contributed by atoms with Crippen molar-refractivity contribution in [1.82, 2.24) is 15.6 Å². The summed E-state index contributed by atoms with van der Waals surface area (Å²) in [5, 5.41) is 6.78. The van der Waals surface area contributed by atoms with Crippen molar-refractivity contribution >= 4 is 17.2 Å². The highest BCUT2D eigenvalue weighted by Crippen LogP contribution is 2.26. The van der Waals surface area contributed by atoms with E-state index in [4.69, 9.17) is 4.74 Å². The molecule has 0 bridgehead atoms. The minimum atomic E-state index is -0.0886. The highest BCUT2D eigenvalue weighted by Gasteiger charge is 2.12. The maximum absolute atomic E-state index is 12.0. The van der Waals surface area contributed by atoms with Crippen LogP contribution in [-0.4, -0.2) is 37.6 Å². The highest BCUT2D eigenvalue weighted by atomic mass is 32.1. The number of carbonyl (C=O) groups is 1. The van der Waals surface area contributed by atoms with Crippen LogP contribution in [0.1, 0.15) is 16.6 Å². The Morgan fingerprint density at radius 1 is 1.38 bits per heavy atom. The Balaban J connectivity index is 2.04. The minimum absolute atomic E-state index is 0.0886. The van der Waals surface area contributed by atoms with Gasteiger partial charge in [0, 0.05) is 18.2 Å². The van der Waals surface area contributed by atoms with E-state index in [0.29, 0.717) is 11.4 Å². The summed E-state index contributed by atoms with van der Waals surface area (Å²) in [4.78, 5) is 16.9. The number of hydrogen-bond donors (Lipinski definition) is 2. The molecule has 0 saturated heterocycles. The zero-order valence-corrected chi connectivity index (χ0v) is 13.2. The van der Waals surface area contributed by atoms with Gasteiger partial charge in [0.2, 0.25) is 0 Å². The molecule has 0 aliphatic rings. The van der Waals surface area contributed by atoms with Crippen LogP contribution in [0.15, 0.2) is 30.5 Å². The van der Waals surface area contributed by atoms with Gasteiger partial charge in [-0.25, -0.2) is 4.98 Å². The van der Waals surface area contributed by atoms with Gasteiger partial charge in [-0.3, -0.25) is 4.79 Å². The fourth-order valence-electron chi connectivity index (χ4n) is 1.68. The summed E-state index contributed by atoms with van der Waals surface area (Å²) in [6.45, 7) is 2.60. The molecule has 6 heteroatoms. The molecule has 2 aromatic rings. The van der Waals surface area contributed by atoms with Crippen LogP contribution in [0.2, 0.25) is 0 Å². The normalized spacial score (nSPS) is 12.0. The van der Waals surface area contributed by atoms with E-state index in [2.05, 4.69) is 15.6 Å². The van der Waals surface area contributed by atoms with Crippen LogP contribution in [0.5, 0.6) is 5.75 Å². The molecule has 112 valence electrons. The monoisotopic (exact) mass is 305 g/mol. The molecule has 0 aliphatic carbocycles. The van der Waals surface area contributed by atoms with Crippen LogP contribution in [-0.2, 0) is 0 Å². The van der Waals surface area contributed by atoms with E-state index in [1.54, 1.807) is 13.3 Å². The molecule has 0 aliphatic heterocycles. The zero-order chi connectivity index (χ0) is 15.2. The first kappa shape index (κ1) is 15.5. The molecule has 1 aromatic heterocycles. The molecule has 2 N–H and O–H groups in total. The van der Waals surface area contributed by atoms with Crippen molar-refractivity contribution in [2.45, 2.75) is 13.0 Å². The fraction of sp³-hybridized carbons (Fsp3) is 0.333. The van der Waals surface area contributed by atoms with Crippen LogP contribution >= 0.6 is 11.3 Å². The third-order valence-electron chi connectivity index (χ3n) is 3.13. The topological polar surface area (TPSA) is 63.2 Å². The summed E-state index contributed by atoms with van der Waals surface area (Å²) >= 11 is 1.38. The molecule has 1 atom stereocenters. The number of carbonyl (C=O) groups excluding carboxylic acids is 1. The first-order valence-corrected chi connectivity index (χ1v) is 7.51. The number of hydrogen-bond acceptors (Lipinski definition) is 5. The standard InChI is InChI=1S/C15H19N3O2S/c1-10(16-2)8-17-14(19)13-9-18-15(21-13)11-4-6-12(20-3)7-5-11/h4-7,9-10,16H,8H2,1-3H3,(H,17,19). The number of rotatable bonds is 6. The van der Waals surface area contributed by atoms with Gasteiger partial charge in [-0.15, -0.1) is 11.3 Å². The Kier molecular flexibility index (Phi) is 5.30. The van der Waals surface area contributed by atoms with Gasteiger partial charge in [0.05, 0.1) is 13.3 Å². The molecule has 0 radical (unpaired) electrons. The summed E-state index contributed by atoms with van der Waals surface area (Å²) in [6, 6.07) is 7.86. The smallest absolute Gasteiger partial charge is 0.263 e. The third kappa shape index (κ3) is 4.03. The molecule has 0 spiro atoms. The van der Waals surface area contributed by atoms with Gasteiger partial charge >= 0.3 is 0 Å². The number of nitrogens with one attached hydrogen (secondary N) is 2. The molecular formula is C15H19N3O2S. The number of ether oxygens (including phenoxy) is 1. The van der Waals surface area contributed by atoms with Crippen LogP contribution in [0, 0.1) is 0 Å². The number of benzene rings is 1. The predicted octanol–water partition coefficient (Wildman–Crippen LogP) is 2.16. The lowest BCUT2D eigenvalue weighted by molar-refractivity contribution is 0.0954. The Labute approximate surface area is 128 Å². The molecule has 0 saturated carbocycles. The third-order valence-corrected chi connectivity index (χ3v) is 4.17. The van der Waals surface area contributed by atoms with E-state index in [0.717, 1.165) is 16.3 Å². The molecular weight excluding hydrogens is 286 g/mol. The molecule has 0 fully saturated rings. The van der Waals surface area contributed by atoms with Crippen LogP contribution in [0.4, 0.5) is 0 Å². The minimum Gasteiger partial charge on any atom is -0.497 e. The zero-order valence-electron chi connectivity index (χ0n) is 12.3. The number of likely N-dealkylation sites (N-methyl/N-ethyl adjacent to an activating group) is 1. The lowest BCUT2D eigenvalue weighted by Crippen LogP contribution is -2.36. The molecule has 2 rings (SSSR count). The lowest BCUT2D eigenvalue weighted by atomic mass is 10.2. The van der Waals surface area contributed by atoms with Crippen LogP contribution in [0.25, 0.3) is 10.6 Å². The summed E-state index contributed by atoms with van der Waals surface area (Å²) < 4.78 is 5.13. The summed E-state index contributed by atoms with van der Waals surface area (Å²) in [6.07, 6.45) is 1.61. The molecule has 1 aromatic carbocycles. The largest absolute Gasteiger partial charge is 0.497 e. The molecule has 1 amide bonds. The Morgan fingerprint density at radius 2 is 2.10 bits per heavy atom. The second-order valence-electron chi connectivity index (χ2n) is 4.66. The SMILES string of the molecule is CNC(C)CNC(=O)c1cnc(-c2ccc(OC)cc2)s1. The second kappa shape index (κ2) is 7.19. The predicted molar refractivity (Wildman–Crippen MR) is 85.0 cm³/mol. The van der Waals surface area contributed by atoms with Crippen molar-refractivity contribution in [2.24, 2.45) is 0 Å². The average molecular weight is 305 g/mol. The van der Waals surface area contributed by atoms with Gasteiger partial charge in [0.25, 0.3) is 5.91 Å². The quantitative estimate of drug-likeness (QED) is 0.858. The van der Waals surface area contributed by atoms with Gasteiger partial charge in [0.1, 0.15) is 15.6 Å². The molecule has 1 unspecified atom stereocenters. The number of aromatic nitrogens is 1. The van der Waals surface area contributed by atoms with Gasteiger partial charge in [-0.2, -0.15) is 0 Å². The van der Waals surface area contributed by atoms with Crippen molar-refractivity contribution in [3.05, 3.63) is 35.3 Å². The van der Waals surface area contributed by atoms with Crippen molar-refractivity contribution < 1.29 is 9.53 Å². The first-order chi connectivity index (χ1) is 10.1. The second-order valence-corrected chi connectivity index (χ2v) is 5.69. The molecule has 1 heterocycles. The number of methoxy groups -OCH3 is 1. The van der Waals surface area contributed by atoms with Crippen molar-refractivity contribution in [2.75, 3.05) is 20.7 Å². The van der Waals surface area contributed by atoms with Crippen molar-refractivity contribution in [1.29, 1.82) is 0 Å². The summed E-state index contributed by atoms with van der Waals surface area (Å²) in [5.41, 5.74) is 0.975. The van der Waals surface area contributed by atoms with E-state index in [1.165, 1.54) is 11.3 Å². The Hall–Kier alpha value is -1.92. The Bertz CT molecular complexity index is 595. The summed E-state index contributed by atoms with van der Waals surface area (Å²) in [5.74, 6) is 0.712. The van der Waals surface area contributed by atoms with Gasteiger partial charge in [0.15, 0.2) is 0 Å². The lowest BCUT2D eigenvalue weighted by Gasteiger charge is -2.10. The number of nitrogens with zero attached hydrogens (tertiary/aromatic N) is 1. The Morgan fingerprint density at radius 3 is 2.71 bits per heavy atom. The van der Waals surface area contributed by atoms with Crippen molar-refractivity contribution in [3.63, 3.8) is 0 Å². The van der Waals surface area contributed by atoms with Crippen molar-refractivity contribution in [3.8, 4) is 16.3 Å². The van der Waals surface area contributed by atoms with Crippen LogP contribution in [0.3, 0.4) is 0 Å². The van der Waals surface area contributed by atoms with E-state index in [-0.39, 0.29) is 11.9 Å². The highest BCUT2D eigenvalue weighted by molar-refractivity contribution is 7.16. The average Bonchev–Trinajstić information content (AvgIpc) is 3.02. The molecule has 21 heavy (non-hydrogen) atoms. The number of amides is 1. The first-order valence-electron chi connectivity index (χ1n) is 6.69. The maximum Gasteiger partial charge on any atom is 0.263 e. The fourth-order valence-corrected chi connectivity index (χ4v) is 2.52. The van der Waals surface area contributed by atoms with E-state index in [9.17, 15) is 4.79 Å². The maximum atomic E-state index is 12.0. The number of thiazole rings is 1. The summed E-state index contributed by atoms with van der Waals surface area (Å²) in [7, 11) is 3.50. The van der Waals surface area contributed by atoms with E-state index < -0.39 is 0 Å². The molecule has 5 nitrogen and oxygen atoms in total. The van der Waals surface area contributed by atoms with Gasteiger partial charge in [-0.1, -0.05) is 0 Å². The van der Waals surface area contributed by atoms with Crippen LogP contribution < -0.4 is 15.4 Å². The van der Waals surface area contributed by atoms with E-state index >= 15 is 0 Å². The van der Waals surface area contributed by atoms with Gasteiger partial charge < -0.3 is 15.4 Å².